The van der Waals surface area contributed by atoms with Crippen LogP contribution in [-0.2, 0) is 9.59 Å². The first-order valence-electron chi connectivity index (χ1n) is 10.2. The maximum absolute atomic E-state index is 13.4. The molecule has 1 aromatic carbocycles. The highest BCUT2D eigenvalue weighted by Crippen LogP contribution is 2.41. The lowest BCUT2D eigenvalue weighted by Crippen LogP contribution is -2.55. The van der Waals surface area contributed by atoms with E-state index in [1.165, 1.54) is 21.2 Å². The largest absolute Gasteiger partial charge is 0.507 e. The molecule has 4 amide bonds. The Morgan fingerprint density at radius 1 is 1.23 bits per heavy atom. The Kier molecular flexibility index (Phi) is 6.65. The molecule has 7 nitrogen and oxygen atoms in total. The molecular weight excluding hydrogens is 402 g/mol. The minimum absolute atomic E-state index is 0.0138. The highest BCUT2D eigenvalue weighted by Gasteiger charge is 2.53. The van der Waals surface area contributed by atoms with Crippen molar-refractivity contribution in [1.29, 1.82) is 0 Å². The molecule has 3 rings (SSSR count). The maximum atomic E-state index is 13.4. The second-order valence-electron chi connectivity index (χ2n) is 7.46. The van der Waals surface area contributed by atoms with Crippen LogP contribution in [0.4, 0.5) is 10.5 Å². The second-order valence-corrected chi connectivity index (χ2v) is 8.69. The number of anilines is 1. The van der Waals surface area contributed by atoms with E-state index in [0.717, 1.165) is 16.9 Å². The van der Waals surface area contributed by atoms with Crippen LogP contribution < -0.4 is 15.0 Å². The minimum atomic E-state index is -0.546. The summed E-state index contributed by atoms with van der Waals surface area (Å²) in [4.78, 5) is 41.4. The minimum Gasteiger partial charge on any atom is -0.494 e. The fourth-order valence-corrected chi connectivity index (χ4v) is 4.67. The first-order chi connectivity index (χ1) is 14.3. The zero-order chi connectivity index (χ0) is 22.0. The molecule has 0 bridgehead atoms. The molecule has 0 radical (unpaired) electrons. The monoisotopic (exact) mass is 430 g/mol. The molecule has 8 heteroatoms. The Labute approximate surface area is 181 Å². The molecule has 160 valence electrons. The second kappa shape index (κ2) is 9.04. The Balaban J connectivity index is 1.98. The van der Waals surface area contributed by atoms with E-state index in [1.54, 1.807) is 24.3 Å². The van der Waals surface area contributed by atoms with E-state index in [9.17, 15) is 14.4 Å². The van der Waals surface area contributed by atoms with Gasteiger partial charge in [-0.3, -0.25) is 4.79 Å². The van der Waals surface area contributed by atoms with Gasteiger partial charge in [0.05, 0.1) is 6.61 Å². The van der Waals surface area contributed by atoms with E-state index in [2.05, 4.69) is 5.32 Å². The SMILES string of the molecule is CCOc1ccc(N2C(=O)C3C(C)=C(C)SC3=[N+](CC(=O)NC(C)CC)C2=O)cc1. The Hall–Kier alpha value is -2.61. The smallest absolute Gasteiger partial charge is 0.494 e. The van der Waals surface area contributed by atoms with Crippen LogP contribution in [-0.4, -0.2) is 46.7 Å². The van der Waals surface area contributed by atoms with Gasteiger partial charge in [-0.1, -0.05) is 18.7 Å². The van der Waals surface area contributed by atoms with Gasteiger partial charge in [0.2, 0.25) is 0 Å². The normalized spacial score (nSPS) is 19.9. The van der Waals surface area contributed by atoms with Gasteiger partial charge in [-0.2, -0.15) is 9.37 Å². The number of fused-ring (bicyclic) bond motifs is 1. The maximum Gasteiger partial charge on any atom is 0.507 e. The molecule has 2 aliphatic heterocycles. The predicted molar refractivity (Wildman–Crippen MR) is 118 cm³/mol. The summed E-state index contributed by atoms with van der Waals surface area (Å²) in [6.07, 6.45) is 0.796. The fourth-order valence-electron chi connectivity index (χ4n) is 3.43. The molecule has 0 aromatic heterocycles. The van der Waals surface area contributed by atoms with Crippen molar-refractivity contribution >= 4 is 40.3 Å². The third-order valence-electron chi connectivity index (χ3n) is 5.38. The molecule has 1 aromatic rings. The van der Waals surface area contributed by atoms with Crippen LogP contribution in [0.2, 0.25) is 0 Å². The van der Waals surface area contributed by atoms with Gasteiger partial charge in [0.25, 0.3) is 5.91 Å². The van der Waals surface area contributed by atoms with Crippen LogP contribution >= 0.6 is 11.8 Å². The first kappa shape index (κ1) is 22.1. The van der Waals surface area contributed by atoms with Crippen LogP contribution in [0.3, 0.4) is 0 Å². The van der Waals surface area contributed by atoms with Gasteiger partial charge in [-0.05, 0) is 68.9 Å². The molecule has 30 heavy (non-hydrogen) atoms. The summed E-state index contributed by atoms with van der Waals surface area (Å²) in [7, 11) is 0. The molecule has 0 saturated carbocycles. The number of thioether (sulfide) groups is 1. The molecule has 0 fully saturated rings. The molecule has 0 saturated heterocycles. The van der Waals surface area contributed by atoms with Crippen molar-refractivity contribution < 1.29 is 23.7 Å². The van der Waals surface area contributed by atoms with E-state index in [-0.39, 0.29) is 24.4 Å². The summed E-state index contributed by atoms with van der Waals surface area (Å²) in [6.45, 7) is 10.0. The number of carbonyl (C=O) groups is 3. The van der Waals surface area contributed by atoms with Gasteiger partial charge in [0.1, 0.15) is 11.4 Å². The lowest BCUT2D eigenvalue weighted by atomic mass is 9.98. The number of imide groups is 1. The number of rotatable bonds is 7. The Morgan fingerprint density at radius 3 is 2.50 bits per heavy atom. The topological polar surface area (TPSA) is 78.7 Å². The number of amides is 4. The number of nitrogens with zero attached hydrogens (tertiary/aromatic N) is 2. The molecule has 2 atom stereocenters. The van der Waals surface area contributed by atoms with E-state index in [4.69, 9.17) is 4.74 Å². The number of carbonyl (C=O) groups excluding carboxylic acids is 3. The van der Waals surface area contributed by atoms with Crippen molar-refractivity contribution in [3.8, 4) is 5.75 Å². The van der Waals surface area contributed by atoms with Gasteiger partial charge in [0, 0.05) is 6.04 Å². The van der Waals surface area contributed by atoms with Crippen molar-refractivity contribution in [1.82, 2.24) is 5.32 Å². The van der Waals surface area contributed by atoms with Crippen LogP contribution in [0.1, 0.15) is 41.0 Å². The predicted octanol–water partition coefficient (Wildman–Crippen LogP) is 3.53. The zero-order valence-electron chi connectivity index (χ0n) is 18.0. The van der Waals surface area contributed by atoms with Crippen molar-refractivity contribution in [2.45, 2.75) is 47.1 Å². The Morgan fingerprint density at radius 2 is 1.90 bits per heavy atom. The Bertz CT molecular complexity index is 936. The average Bonchev–Trinajstić information content (AvgIpc) is 3.01. The van der Waals surface area contributed by atoms with Gasteiger partial charge in [-0.25, -0.2) is 4.79 Å². The van der Waals surface area contributed by atoms with Crippen molar-refractivity contribution in [3.05, 3.63) is 34.7 Å². The molecular formula is C22H28N3O4S+. The number of urea groups is 1. The summed E-state index contributed by atoms with van der Waals surface area (Å²) in [5, 5.41) is 3.51. The molecule has 0 aliphatic carbocycles. The third-order valence-corrected chi connectivity index (χ3v) is 6.67. The number of hydrogen-bond acceptors (Lipinski definition) is 5. The zero-order valence-corrected chi connectivity index (χ0v) is 18.8. The van der Waals surface area contributed by atoms with Crippen LogP contribution in [0, 0.1) is 5.92 Å². The van der Waals surface area contributed by atoms with Crippen molar-refractivity contribution in [3.63, 3.8) is 0 Å². The first-order valence-corrected chi connectivity index (χ1v) is 11.0. The number of hydrogen-bond donors (Lipinski definition) is 1. The standard InChI is InChI=1S/C22H27N3O4S/c1-6-13(3)23-18(26)12-24-21-19(14(4)15(5)30-21)20(27)25(22(24)28)16-8-10-17(11-9-16)29-7-2/h8-11,13,19H,6-7,12H2,1-5H3/p+1. The lowest BCUT2D eigenvalue weighted by Gasteiger charge is -2.25. The highest BCUT2D eigenvalue weighted by atomic mass is 32.2. The molecule has 1 N–H and O–H groups in total. The molecule has 2 unspecified atom stereocenters. The van der Waals surface area contributed by atoms with Gasteiger partial charge in [-0.15, -0.1) is 4.90 Å². The van der Waals surface area contributed by atoms with Crippen LogP contribution in [0.5, 0.6) is 5.75 Å². The van der Waals surface area contributed by atoms with Gasteiger partial charge >= 0.3 is 11.9 Å². The molecule has 2 aliphatic rings. The van der Waals surface area contributed by atoms with Crippen LogP contribution in [0.25, 0.3) is 0 Å². The third kappa shape index (κ3) is 4.14. The molecule has 0 spiro atoms. The lowest BCUT2D eigenvalue weighted by molar-refractivity contribution is -0.414. The average molecular weight is 431 g/mol. The summed E-state index contributed by atoms with van der Waals surface area (Å²) in [6, 6.07) is 6.35. The van der Waals surface area contributed by atoms with E-state index < -0.39 is 11.9 Å². The summed E-state index contributed by atoms with van der Waals surface area (Å²) < 4.78 is 6.89. The quantitative estimate of drug-likeness (QED) is 0.670. The highest BCUT2D eigenvalue weighted by molar-refractivity contribution is 8.17. The van der Waals surface area contributed by atoms with Crippen LogP contribution in [0.15, 0.2) is 34.7 Å². The van der Waals surface area contributed by atoms with E-state index >= 15 is 0 Å². The van der Waals surface area contributed by atoms with Gasteiger partial charge < -0.3 is 10.1 Å². The molecule has 2 heterocycles. The van der Waals surface area contributed by atoms with E-state index in [0.29, 0.717) is 23.1 Å². The van der Waals surface area contributed by atoms with Crippen molar-refractivity contribution in [2.24, 2.45) is 5.92 Å². The number of benzene rings is 1. The van der Waals surface area contributed by atoms with Crippen molar-refractivity contribution in [2.75, 3.05) is 18.1 Å². The fraction of sp³-hybridized carbons (Fsp3) is 0.455. The summed E-state index contributed by atoms with van der Waals surface area (Å²) in [5.41, 5.74) is 1.37. The number of ether oxygens (including phenoxy) is 1. The van der Waals surface area contributed by atoms with Gasteiger partial charge in [0.15, 0.2) is 17.5 Å². The summed E-state index contributed by atoms with van der Waals surface area (Å²) in [5.74, 6) is -0.415. The number of allylic oxidation sites excluding steroid dienone is 1. The summed E-state index contributed by atoms with van der Waals surface area (Å²) >= 11 is 1.40. The van der Waals surface area contributed by atoms with E-state index in [1.807, 2.05) is 34.6 Å². The number of nitrogens with one attached hydrogen (secondary N) is 1.